The Morgan fingerprint density at radius 1 is 1.48 bits per heavy atom. The molecule has 7 nitrogen and oxygen atoms in total. The molecule has 1 aliphatic rings. The number of rotatable bonds is 5. The lowest BCUT2D eigenvalue weighted by Gasteiger charge is -2.29. The Bertz CT molecular complexity index is 539. The zero-order chi connectivity index (χ0) is 15.4. The summed E-state index contributed by atoms with van der Waals surface area (Å²) in [7, 11) is 0. The number of aromatic carboxylic acids is 1. The minimum Gasteiger partial charge on any atom is -0.478 e. The Morgan fingerprint density at radius 3 is 2.67 bits per heavy atom. The van der Waals surface area contributed by atoms with E-state index >= 15 is 0 Å². The molecule has 2 rings (SSSR count). The van der Waals surface area contributed by atoms with Crippen molar-refractivity contribution in [3.8, 4) is 0 Å². The number of aromatic nitrogens is 1. The molecule has 114 valence electrons. The zero-order valence-electron chi connectivity index (χ0n) is 11.9. The summed E-state index contributed by atoms with van der Waals surface area (Å²) in [5.41, 5.74) is -0.463. The third kappa shape index (κ3) is 3.68. The summed E-state index contributed by atoms with van der Waals surface area (Å²) in [6, 6.07) is 1.23. The van der Waals surface area contributed by atoms with Crippen LogP contribution in [-0.4, -0.2) is 27.0 Å². The van der Waals surface area contributed by atoms with Gasteiger partial charge >= 0.3 is 5.97 Å². The zero-order valence-corrected chi connectivity index (χ0v) is 11.9. The lowest BCUT2D eigenvalue weighted by molar-refractivity contribution is -0.385. The summed E-state index contributed by atoms with van der Waals surface area (Å²) in [4.78, 5) is 25.2. The number of hydrogen-bond donors (Lipinski definition) is 2. The minimum atomic E-state index is -1.21. The lowest BCUT2D eigenvalue weighted by atomic mass is 9.84. The summed E-state index contributed by atoms with van der Waals surface area (Å²) in [6.45, 7) is 2.18. The smallest absolute Gasteiger partial charge is 0.339 e. The number of nitrogens with one attached hydrogen (secondary N) is 1. The number of nitro groups is 1. The molecule has 0 unspecified atom stereocenters. The van der Waals surface area contributed by atoms with E-state index in [1.807, 2.05) is 0 Å². The summed E-state index contributed by atoms with van der Waals surface area (Å²) in [6.07, 6.45) is 6.43. The molecular formula is C14H19N3O4. The van der Waals surface area contributed by atoms with E-state index in [-0.39, 0.29) is 23.1 Å². The molecule has 7 heteroatoms. The second-order valence-electron chi connectivity index (χ2n) is 5.42. The van der Waals surface area contributed by atoms with Crippen molar-refractivity contribution in [2.24, 2.45) is 5.92 Å². The van der Waals surface area contributed by atoms with Gasteiger partial charge in [-0.3, -0.25) is 10.1 Å². The van der Waals surface area contributed by atoms with E-state index in [0.717, 1.165) is 43.9 Å². The maximum absolute atomic E-state index is 11.2. The number of carboxylic acid groups (broad SMARTS) is 1. The van der Waals surface area contributed by atoms with Gasteiger partial charge in [0.05, 0.1) is 4.92 Å². The fourth-order valence-corrected chi connectivity index (χ4v) is 2.74. The van der Waals surface area contributed by atoms with Crippen LogP contribution in [0.15, 0.2) is 12.3 Å². The average molecular weight is 293 g/mol. The van der Waals surface area contributed by atoms with E-state index in [0.29, 0.717) is 0 Å². The van der Waals surface area contributed by atoms with Crippen molar-refractivity contribution in [3.63, 3.8) is 0 Å². The van der Waals surface area contributed by atoms with Gasteiger partial charge in [-0.1, -0.05) is 13.3 Å². The number of carbonyl (C=O) groups is 1. The normalized spacial score (nSPS) is 21.8. The van der Waals surface area contributed by atoms with Crippen molar-refractivity contribution in [1.82, 2.24) is 4.98 Å². The molecule has 1 aromatic rings. The van der Waals surface area contributed by atoms with E-state index in [9.17, 15) is 20.0 Å². The Labute approximate surface area is 122 Å². The predicted molar refractivity (Wildman–Crippen MR) is 77.5 cm³/mol. The molecule has 0 aliphatic heterocycles. The SMILES string of the molecule is CCC1CCC(Nc2ncc([N+](=O)[O-])cc2C(=O)O)CC1. The predicted octanol–water partition coefficient (Wildman–Crippen LogP) is 3.07. The third-order valence-corrected chi connectivity index (χ3v) is 4.08. The number of pyridine rings is 1. The number of anilines is 1. The molecule has 0 amide bonds. The molecule has 1 aliphatic carbocycles. The molecule has 0 atom stereocenters. The van der Waals surface area contributed by atoms with Crippen LogP contribution < -0.4 is 5.32 Å². The molecule has 0 aromatic carbocycles. The minimum absolute atomic E-state index is 0.151. The van der Waals surface area contributed by atoms with Crippen molar-refractivity contribution < 1.29 is 14.8 Å². The van der Waals surface area contributed by atoms with Crippen LogP contribution in [0.1, 0.15) is 49.4 Å². The van der Waals surface area contributed by atoms with Gasteiger partial charge in [-0.15, -0.1) is 0 Å². The average Bonchev–Trinajstić information content (AvgIpc) is 2.48. The summed E-state index contributed by atoms with van der Waals surface area (Å²) in [5.74, 6) is -0.254. The molecule has 0 spiro atoms. The van der Waals surface area contributed by atoms with Gasteiger partial charge in [0.2, 0.25) is 0 Å². The van der Waals surface area contributed by atoms with Crippen LogP contribution in [0, 0.1) is 16.0 Å². The highest BCUT2D eigenvalue weighted by Crippen LogP contribution is 2.29. The van der Waals surface area contributed by atoms with Gasteiger partial charge in [0.25, 0.3) is 5.69 Å². The molecule has 2 N–H and O–H groups in total. The van der Waals surface area contributed by atoms with Crippen LogP contribution in [0.25, 0.3) is 0 Å². The van der Waals surface area contributed by atoms with Crippen LogP contribution in [0.3, 0.4) is 0 Å². The van der Waals surface area contributed by atoms with E-state index in [1.54, 1.807) is 0 Å². The summed E-state index contributed by atoms with van der Waals surface area (Å²) >= 11 is 0. The van der Waals surface area contributed by atoms with Gasteiger partial charge in [0, 0.05) is 12.1 Å². The van der Waals surface area contributed by atoms with E-state index in [1.165, 1.54) is 6.42 Å². The molecule has 1 saturated carbocycles. The lowest BCUT2D eigenvalue weighted by Crippen LogP contribution is -2.27. The van der Waals surface area contributed by atoms with Crippen molar-refractivity contribution in [2.75, 3.05) is 5.32 Å². The quantitative estimate of drug-likeness (QED) is 0.638. The molecule has 21 heavy (non-hydrogen) atoms. The van der Waals surface area contributed by atoms with Crippen LogP contribution in [0.4, 0.5) is 11.5 Å². The van der Waals surface area contributed by atoms with Crippen molar-refractivity contribution in [1.29, 1.82) is 0 Å². The molecular weight excluding hydrogens is 274 g/mol. The van der Waals surface area contributed by atoms with Crippen LogP contribution in [-0.2, 0) is 0 Å². The third-order valence-electron chi connectivity index (χ3n) is 4.08. The molecule has 0 saturated heterocycles. The van der Waals surface area contributed by atoms with Crippen molar-refractivity contribution in [3.05, 3.63) is 27.9 Å². The Kier molecular flexibility index (Phi) is 4.72. The summed E-state index contributed by atoms with van der Waals surface area (Å²) in [5, 5.41) is 23.0. The molecule has 1 aromatic heterocycles. The molecule has 1 fully saturated rings. The van der Waals surface area contributed by atoms with Crippen LogP contribution in [0.5, 0.6) is 0 Å². The largest absolute Gasteiger partial charge is 0.478 e. The Morgan fingerprint density at radius 2 is 2.14 bits per heavy atom. The first-order chi connectivity index (χ1) is 10.0. The van der Waals surface area contributed by atoms with Gasteiger partial charge < -0.3 is 10.4 Å². The Hall–Kier alpha value is -2.18. The fraction of sp³-hybridized carbons (Fsp3) is 0.571. The monoisotopic (exact) mass is 293 g/mol. The highest BCUT2D eigenvalue weighted by Gasteiger charge is 2.23. The Balaban J connectivity index is 2.13. The van der Waals surface area contributed by atoms with Gasteiger partial charge in [-0.05, 0) is 31.6 Å². The maximum atomic E-state index is 11.2. The first-order valence-corrected chi connectivity index (χ1v) is 7.15. The highest BCUT2D eigenvalue weighted by molar-refractivity contribution is 5.93. The van der Waals surface area contributed by atoms with Gasteiger partial charge in [0.1, 0.15) is 17.6 Å². The van der Waals surface area contributed by atoms with E-state index < -0.39 is 10.9 Å². The van der Waals surface area contributed by atoms with Crippen molar-refractivity contribution in [2.45, 2.75) is 45.1 Å². The number of carboxylic acids is 1. The van der Waals surface area contributed by atoms with Gasteiger partial charge in [-0.2, -0.15) is 0 Å². The first kappa shape index (κ1) is 15.2. The maximum Gasteiger partial charge on any atom is 0.339 e. The molecule has 0 bridgehead atoms. The molecule has 1 heterocycles. The second-order valence-corrected chi connectivity index (χ2v) is 5.42. The number of hydrogen-bond acceptors (Lipinski definition) is 5. The number of nitrogens with zero attached hydrogens (tertiary/aromatic N) is 2. The summed E-state index contributed by atoms with van der Waals surface area (Å²) < 4.78 is 0. The second kappa shape index (κ2) is 6.51. The van der Waals surface area contributed by atoms with Gasteiger partial charge in [-0.25, -0.2) is 9.78 Å². The fourth-order valence-electron chi connectivity index (χ4n) is 2.74. The van der Waals surface area contributed by atoms with Crippen molar-refractivity contribution >= 4 is 17.5 Å². The van der Waals surface area contributed by atoms with E-state index in [4.69, 9.17) is 0 Å². The highest BCUT2D eigenvalue weighted by atomic mass is 16.6. The first-order valence-electron chi connectivity index (χ1n) is 7.15. The van der Waals surface area contributed by atoms with E-state index in [2.05, 4.69) is 17.2 Å². The van der Waals surface area contributed by atoms with Crippen LogP contribution >= 0.6 is 0 Å². The van der Waals surface area contributed by atoms with Gasteiger partial charge in [0.15, 0.2) is 0 Å². The molecule has 0 radical (unpaired) electrons. The van der Waals surface area contributed by atoms with Crippen LogP contribution in [0.2, 0.25) is 0 Å². The topological polar surface area (TPSA) is 105 Å². The standard InChI is InChI=1S/C14H19N3O4/c1-2-9-3-5-10(6-4-9)16-13-12(14(18)19)7-11(8-15-13)17(20)21/h7-10H,2-6H2,1H3,(H,15,16)(H,18,19).